The molecule has 1 aromatic heterocycles. The number of aromatic nitrogens is 1. The van der Waals surface area contributed by atoms with E-state index < -0.39 is 22.2 Å². The number of fused-ring (bicyclic) bond motifs is 6. The number of sulfonamides is 1. The third kappa shape index (κ3) is 5.01. The van der Waals surface area contributed by atoms with Crippen molar-refractivity contribution in [2.75, 3.05) is 5.32 Å². The summed E-state index contributed by atoms with van der Waals surface area (Å²) in [5.41, 5.74) is 0.852. The Hall–Kier alpha value is -1.63. The van der Waals surface area contributed by atoms with Crippen molar-refractivity contribution in [3.8, 4) is 0 Å². The second kappa shape index (κ2) is 10.8. The van der Waals surface area contributed by atoms with Crippen LogP contribution in [0.5, 0.6) is 0 Å². The van der Waals surface area contributed by atoms with Gasteiger partial charge < -0.3 is 20.6 Å². The fraction of sp³-hybridized carbons (Fsp3) is 0.742. The number of nitrogens with zero attached hydrogens (tertiary/aromatic N) is 1. The molecule has 6 rings (SSSR count). The molecule has 4 aliphatic carbocycles. The topological polar surface area (TPSA) is 163 Å². The molecular formula is C31H45N3O6S2. The molecule has 4 aliphatic rings. The number of nitrogens with two attached hydrogens (primary N) is 1. The lowest BCUT2D eigenvalue weighted by atomic mass is 9.43. The molecule has 2 aromatic rings. The number of rotatable bonds is 6. The van der Waals surface area contributed by atoms with E-state index in [4.69, 9.17) is 5.14 Å². The summed E-state index contributed by atoms with van der Waals surface area (Å²) in [4.78, 5) is 17.0. The van der Waals surface area contributed by atoms with Crippen LogP contribution in [0.3, 0.4) is 0 Å². The summed E-state index contributed by atoms with van der Waals surface area (Å²) in [6.45, 7) is 6.78. The van der Waals surface area contributed by atoms with E-state index in [0.717, 1.165) is 49.9 Å². The number of amides is 1. The van der Waals surface area contributed by atoms with Crippen LogP contribution in [0.1, 0.15) is 78.6 Å². The highest BCUT2D eigenvalue weighted by molar-refractivity contribution is 7.91. The molecule has 4 saturated carbocycles. The summed E-state index contributed by atoms with van der Waals surface area (Å²) in [6, 6.07) is 5.10. The fourth-order valence-electron chi connectivity index (χ4n) is 10.0. The van der Waals surface area contributed by atoms with Crippen molar-refractivity contribution in [1.29, 1.82) is 0 Å². The maximum absolute atomic E-state index is 12.9. The first-order chi connectivity index (χ1) is 19.7. The number of carbonyl (C=O) groups excluding carboxylic acids is 1. The number of thiazole rings is 1. The Labute approximate surface area is 252 Å². The number of anilines is 1. The van der Waals surface area contributed by atoms with Crippen LogP contribution < -0.4 is 10.5 Å². The fourth-order valence-corrected chi connectivity index (χ4v) is 11.7. The van der Waals surface area contributed by atoms with E-state index in [1.165, 1.54) is 0 Å². The van der Waals surface area contributed by atoms with Crippen LogP contribution in [-0.2, 0) is 14.8 Å². The Morgan fingerprint density at radius 1 is 1.14 bits per heavy atom. The maximum Gasteiger partial charge on any atom is 0.265 e. The van der Waals surface area contributed by atoms with Gasteiger partial charge in [-0.05, 0) is 116 Å². The molecule has 1 aromatic carbocycles. The third-order valence-corrected chi connectivity index (χ3v) is 14.6. The largest absolute Gasteiger partial charge is 0.393 e. The van der Waals surface area contributed by atoms with Crippen LogP contribution in [-0.4, -0.2) is 52.9 Å². The van der Waals surface area contributed by atoms with Crippen molar-refractivity contribution in [3.63, 3.8) is 0 Å². The second-order valence-electron chi connectivity index (χ2n) is 14.3. The van der Waals surface area contributed by atoms with Gasteiger partial charge in [-0.15, -0.1) is 11.3 Å². The molecule has 0 radical (unpaired) electrons. The summed E-state index contributed by atoms with van der Waals surface area (Å²) in [5.74, 6) is 1.38. The van der Waals surface area contributed by atoms with Crippen LogP contribution in [0.25, 0.3) is 10.2 Å². The standard InChI is InChI=1S/C31H45N3O6S2/c1-16(4-9-27(38)33-18-5-8-23-25(14-18)41-29(34-23)42(32,39)40)20-6-7-21-28-22(15-26(37)31(20,21)3)30(2)11-10-19(35)12-17(30)13-24(28)36/h5,8,14,16-17,19-22,24,26,28,35-37H,4,6-7,9-13,15H2,1-3H3,(H,33,38)(H2,32,39,40)/t16-,17+,19-,20-,21+,22+,24-,26+,28+,30+,31-/m1/s1. The highest BCUT2D eigenvalue weighted by Gasteiger charge is 2.65. The van der Waals surface area contributed by atoms with E-state index in [2.05, 4.69) is 31.1 Å². The summed E-state index contributed by atoms with van der Waals surface area (Å²) in [6.07, 6.45) is 5.86. The van der Waals surface area contributed by atoms with Crippen LogP contribution >= 0.6 is 11.3 Å². The van der Waals surface area contributed by atoms with Crippen molar-refractivity contribution in [2.45, 2.75) is 101 Å². The Kier molecular flexibility index (Phi) is 7.79. The van der Waals surface area contributed by atoms with Crippen LogP contribution in [0.4, 0.5) is 5.69 Å². The van der Waals surface area contributed by atoms with Gasteiger partial charge in [0.15, 0.2) is 0 Å². The maximum atomic E-state index is 12.9. The number of carbonyl (C=O) groups is 1. The van der Waals surface area contributed by atoms with Gasteiger partial charge in [-0.1, -0.05) is 20.8 Å². The molecule has 1 amide bonds. The van der Waals surface area contributed by atoms with E-state index >= 15 is 0 Å². The Bertz CT molecular complexity index is 1460. The number of benzene rings is 1. The highest BCUT2D eigenvalue weighted by atomic mass is 32.2. The summed E-state index contributed by atoms with van der Waals surface area (Å²) < 4.78 is 23.8. The highest BCUT2D eigenvalue weighted by Crippen LogP contribution is 2.68. The molecule has 0 spiro atoms. The minimum Gasteiger partial charge on any atom is -0.393 e. The van der Waals surface area contributed by atoms with Crippen molar-refractivity contribution in [3.05, 3.63) is 18.2 Å². The zero-order valence-corrected chi connectivity index (χ0v) is 26.3. The van der Waals surface area contributed by atoms with Crippen LogP contribution in [0.15, 0.2) is 22.5 Å². The lowest BCUT2D eigenvalue weighted by molar-refractivity contribution is -0.207. The quantitative estimate of drug-likeness (QED) is 0.323. The number of hydrogen-bond acceptors (Lipinski definition) is 8. The molecule has 6 N–H and O–H groups in total. The normalized spacial score (nSPS) is 40.6. The zero-order chi connectivity index (χ0) is 30.2. The molecular weight excluding hydrogens is 574 g/mol. The van der Waals surface area contributed by atoms with Gasteiger partial charge in [0, 0.05) is 12.1 Å². The predicted octanol–water partition coefficient (Wildman–Crippen LogP) is 4.26. The SMILES string of the molecule is C[C@H](CCC(=O)Nc1ccc2nc(S(N)(=O)=O)sc2c1)[C@H]1CC[C@H]2[C@@H]3[C@H](O)C[C@@H]4C[C@H](O)CC[C@]4(C)[C@H]3C[C@H](O)[C@]12C. The number of aliphatic hydroxyl groups is 3. The number of nitrogens with one attached hydrogen (secondary N) is 1. The number of aliphatic hydroxyl groups excluding tert-OH is 3. The van der Waals surface area contributed by atoms with Gasteiger partial charge in [-0.2, -0.15) is 0 Å². The lowest BCUT2D eigenvalue weighted by Gasteiger charge is -2.63. The molecule has 0 saturated heterocycles. The predicted molar refractivity (Wildman–Crippen MR) is 162 cm³/mol. The minimum atomic E-state index is -3.89. The molecule has 0 bridgehead atoms. The van der Waals surface area contributed by atoms with Gasteiger partial charge in [0.05, 0.1) is 28.5 Å². The molecule has 0 unspecified atom stereocenters. The monoisotopic (exact) mass is 619 g/mol. The second-order valence-corrected chi connectivity index (χ2v) is 17.1. The van der Waals surface area contributed by atoms with Gasteiger partial charge in [-0.3, -0.25) is 4.79 Å². The van der Waals surface area contributed by atoms with Gasteiger partial charge >= 0.3 is 0 Å². The van der Waals surface area contributed by atoms with E-state index in [1.54, 1.807) is 18.2 Å². The smallest absolute Gasteiger partial charge is 0.265 e. The molecule has 11 atom stereocenters. The Morgan fingerprint density at radius 3 is 2.64 bits per heavy atom. The third-order valence-electron chi connectivity index (χ3n) is 12.2. The first kappa shape index (κ1) is 30.4. The number of primary sulfonamides is 1. The van der Waals surface area contributed by atoms with Crippen molar-refractivity contribution < 1.29 is 28.5 Å². The molecule has 4 fully saturated rings. The van der Waals surface area contributed by atoms with Crippen LogP contribution in [0, 0.1) is 46.3 Å². The van der Waals surface area contributed by atoms with Gasteiger partial charge in [0.1, 0.15) is 0 Å². The Morgan fingerprint density at radius 2 is 1.90 bits per heavy atom. The Balaban J connectivity index is 1.12. The van der Waals surface area contributed by atoms with E-state index in [9.17, 15) is 28.5 Å². The first-order valence-electron chi connectivity index (χ1n) is 15.5. The van der Waals surface area contributed by atoms with Crippen LogP contribution in [0.2, 0.25) is 0 Å². The van der Waals surface area contributed by atoms with Gasteiger partial charge in [0.2, 0.25) is 10.2 Å². The first-order valence-corrected chi connectivity index (χ1v) is 17.9. The van der Waals surface area contributed by atoms with E-state index in [1.807, 2.05) is 0 Å². The molecule has 0 aliphatic heterocycles. The van der Waals surface area contributed by atoms with Crippen molar-refractivity contribution in [1.82, 2.24) is 4.98 Å². The van der Waals surface area contributed by atoms with Crippen molar-refractivity contribution in [2.24, 2.45) is 51.5 Å². The van der Waals surface area contributed by atoms with Gasteiger partial charge in [-0.25, -0.2) is 18.5 Å². The van der Waals surface area contributed by atoms with Gasteiger partial charge in [0.25, 0.3) is 10.0 Å². The zero-order valence-electron chi connectivity index (χ0n) is 24.7. The van der Waals surface area contributed by atoms with E-state index in [0.29, 0.717) is 41.1 Å². The number of hydrogen-bond donors (Lipinski definition) is 5. The molecule has 232 valence electrons. The molecule has 11 heteroatoms. The van der Waals surface area contributed by atoms with E-state index in [-0.39, 0.29) is 56.8 Å². The van der Waals surface area contributed by atoms with Crippen molar-refractivity contribution >= 4 is 43.2 Å². The summed E-state index contributed by atoms with van der Waals surface area (Å²) >= 11 is 0.977. The average Bonchev–Trinajstić information content (AvgIpc) is 3.51. The average molecular weight is 620 g/mol. The molecule has 42 heavy (non-hydrogen) atoms. The molecule has 9 nitrogen and oxygen atoms in total. The lowest BCUT2D eigenvalue weighted by Crippen LogP contribution is -2.62. The summed E-state index contributed by atoms with van der Waals surface area (Å²) in [7, 11) is -3.89. The minimum absolute atomic E-state index is 0.0511. The summed E-state index contributed by atoms with van der Waals surface area (Å²) in [5, 5.41) is 41.8. The molecule has 1 heterocycles.